The number of benzene rings is 2. The van der Waals surface area contributed by atoms with E-state index in [1.165, 1.54) is 36.0 Å². The molecule has 0 saturated carbocycles. The van der Waals surface area contributed by atoms with Gasteiger partial charge in [0.05, 0.1) is 7.11 Å². The molecular weight excluding hydrogens is 502 g/mol. The number of amides is 1. The van der Waals surface area contributed by atoms with Gasteiger partial charge in [-0.3, -0.25) is 4.79 Å². The van der Waals surface area contributed by atoms with Crippen molar-refractivity contribution in [2.24, 2.45) is 0 Å². The molecule has 6 rings (SSSR count). The highest BCUT2D eigenvalue weighted by molar-refractivity contribution is 7.15. The number of rotatable bonds is 6. The molecule has 2 aliphatic carbocycles. The van der Waals surface area contributed by atoms with Crippen LogP contribution in [0.3, 0.4) is 0 Å². The lowest BCUT2D eigenvalue weighted by Crippen LogP contribution is -2.21. The maximum atomic E-state index is 12.8. The second-order valence-corrected chi connectivity index (χ2v) is 10.6. The number of hydrogen-bond acceptors (Lipinski definition) is 7. The third-order valence-corrected chi connectivity index (χ3v) is 8.30. The minimum Gasteiger partial charge on any atom is -0.484 e. The molecule has 0 aliphatic heterocycles. The molecule has 1 amide bonds. The van der Waals surface area contributed by atoms with Crippen molar-refractivity contribution in [1.29, 1.82) is 0 Å². The van der Waals surface area contributed by atoms with E-state index in [9.17, 15) is 14.4 Å². The van der Waals surface area contributed by atoms with E-state index in [1.807, 2.05) is 17.5 Å². The molecule has 0 saturated heterocycles. The highest BCUT2D eigenvalue weighted by Gasteiger charge is 2.24. The van der Waals surface area contributed by atoms with Crippen LogP contribution in [0.2, 0.25) is 0 Å². The first-order valence-corrected chi connectivity index (χ1v) is 13.7. The zero-order chi connectivity index (χ0) is 26.2. The smallest absolute Gasteiger partial charge is 0.341 e. The van der Waals surface area contributed by atoms with Gasteiger partial charge >= 0.3 is 11.6 Å². The molecule has 0 atom stereocenters. The molecule has 0 radical (unpaired) electrons. The Bertz CT molecular complexity index is 1630. The molecule has 38 heavy (non-hydrogen) atoms. The molecule has 194 valence electrons. The summed E-state index contributed by atoms with van der Waals surface area (Å²) in [6, 6.07) is 11.6. The fourth-order valence-electron chi connectivity index (χ4n) is 5.53. The Kier molecular flexibility index (Phi) is 6.49. The molecule has 8 heteroatoms. The quantitative estimate of drug-likeness (QED) is 0.255. The maximum absolute atomic E-state index is 12.8. The molecule has 0 spiro atoms. The van der Waals surface area contributed by atoms with Crippen LogP contribution in [0, 0.1) is 0 Å². The molecule has 2 aromatic heterocycles. The van der Waals surface area contributed by atoms with Crippen LogP contribution in [-0.2, 0) is 35.2 Å². The van der Waals surface area contributed by atoms with E-state index in [0.717, 1.165) is 66.2 Å². The molecule has 1 N–H and O–H groups in total. The molecule has 4 aromatic rings. The summed E-state index contributed by atoms with van der Waals surface area (Å²) in [5, 5.41) is 6.00. The Morgan fingerprint density at radius 3 is 2.63 bits per heavy atom. The van der Waals surface area contributed by atoms with Gasteiger partial charge in [-0.25, -0.2) is 9.59 Å². The highest BCUT2D eigenvalue weighted by atomic mass is 32.1. The zero-order valence-electron chi connectivity index (χ0n) is 21.1. The zero-order valence-corrected chi connectivity index (χ0v) is 21.9. The molecule has 2 aliphatic rings. The molecule has 0 fully saturated rings. The van der Waals surface area contributed by atoms with Gasteiger partial charge in [0.25, 0.3) is 5.91 Å². The highest BCUT2D eigenvalue weighted by Crippen LogP contribution is 2.38. The topological polar surface area (TPSA) is 94.8 Å². The third-order valence-electron chi connectivity index (χ3n) is 7.41. The van der Waals surface area contributed by atoms with Gasteiger partial charge in [0.2, 0.25) is 0 Å². The standard InChI is InChI=1S/C30H27NO6S/c1-35-30(34)27-24(19-10-9-17-5-2-3-6-18(17)13-19)16-38-28(27)31-26(32)15-36-20-11-12-22-21-7-4-8-23(21)29(33)37-25(22)14-20/h9-14,16H,2-8,15H2,1H3,(H,31,32). The minimum atomic E-state index is -0.507. The number of carbonyl (C=O) groups is 2. The Morgan fingerprint density at radius 1 is 0.974 bits per heavy atom. The number of thiophene rings is 1. The first-order chi connectivity index (χ1) is 18.5. The molecule has 7 nitrogen and oxygen atoms in total. The predicted molar refractivity (Wildman–Crippen MR) is 146 cm³/mol. The van der Waals surface area contributed by atoms with Gasteiger partial charge in [-0.2, -0.15) is 0 Å². The van der Waals surface area contributed by atoms with Crippen LogP contribution >= 0.6 is 11.3 Å². The Hall–Kier alpha value is -3.91. The Labute approximate surface area is 223 Å². The SMILES string of the molecule is COC(=O)c1c(-c2ccc3c(c2)CCCC3)csc1NC(=O)COc1ccc2c3c(c(=O)oc2c1)CCC3. The van der Waals surface area contributed by atoms with Gasteiger partial charge in [0.1, 0.15) is 21.9 Å². The lowest BCUT2D eigenvalue weighted by molar-refractivity contribution is -0.118. The predicted octanol–water partition coefficient (Wildman–Crippen LogP) is 5.69. The van der Waals surface area contributed by atoms with Gasteiger partial charge in [0, 0.05) is 28.0 Å². The lowest BCUT2D eigenvalue weighted by Gasteiger charge is -2.16. The van der Waals surface area contributed by atoms with Crippen LogP contribution in [0.5, 0.6) is 5.75 Å². The summed E-state index contributed by atoms with van der Waals surface area (Å²) in [7, 11) is 1.33. The van der Waals surface area contributed by atoms with Crippen molar-refractivity contribution in [3.63, 3.8) is 0 Å². The van der Waals surface area contributed by atoms with Gasteiger partial charge < -0.3 is 19.2 Å². The number of methoxy groups -OCH3 is 1. The number of nitrogens with one attached hydrogen (secondary N) is 1. The fourth-order valence-corrected chi connectivity index (χ4v) is 6.51. The number of aryl methyl sites for hydroxylation is 3. The fraction of sp³-hybridized carbons (Fsp3) is 0.300. The third kappa shape index (κ3) is 4.49. The summed E-state index contributed by atoms with van der Waals surface area (Å²) in [4.78, 5) is 37.8. The minimum absolute atomic E-state index is 0.270. The summed E-state index contributed by atoms with van der Waals surface area (Å²) in [6.07, 6.45) is 7.02. The summed E-state index contributed by atoms with van der Waals surface area (Å²) >= 11 is 1.28. The van der Waals surface area contributed by atoms with Crippen LogP contribution < -0.4 is 15.7 Å². The number of hydrogen-bond donors (Lipinski definition) is 1. The van der Waals surface area contributed by atoms with Crippen LogP contribution in [0.15, 0.2) is 51.0 Å². The number of fused-ring (bicyclic) bond motifs is 4. The first-order valence-electron chi connectivity index (χ1n) is 12.8. The normalized spacial score (nSPS) is 14.1. The van der Waals surface area contributed by atoms with Gasteiger partial charge in [-0.05, 0) is 79.3 Å². The summed E-state index contributed by atoms with van der Waals surface area (Å²) in [5.74, 6) is -0.500. The van der Waals surface area contributed by atoms with Crippen molar-refractivity contribution >= 4 is 39.2 Å². The van der Waals surface area contributed by atoms with E-state index < -0.39 is 11.9 Å². The van der Waals surface area contributed by atoms with Crippen LogP contribution in [-0.4, -0.2) is 25.6 Å². The second-order valence-electron chi connectivity index (χ2n) is 9.73. The average molecular weight is 530 g/mol. The largest absolute Gasteiger partial charge is 0.484 e. The van der Waals surface area contributed by atoms with Crippen molar-refractivity contribution in [2.75, 3.05) is 19.0 Å². The van der Waals surface area contributed by atoms with Crippen molar-refractivity contribution in [2.45, 2.75) is 44.9 Å². The van der Waals surface area contributed by atoms with Crippen molar-refractivity contribution < 1.29 is 23.5 Å². The molecular formula is C30H27NO6S. The van der Waals surface area contributed by atoms with Crippen molar-refractivity contribution in [3.05, 3.63) is 80.0 Å². The van der Waals surface area contributed by atoms with E-state index in [-0.39, 0.29) is 12.2 Å². The number of carbonyl (C=O) groups excluding carboxylic acids is 2. The van der Waals surface area contributed by atoms with E-state index in [0.29, 0.717) is 21.9 Å². The lowest BCUT2D eigenvalue weighted by atomic mass is 9.89. The second kappa shape index (κ2) is 10.1. The molecule has 0 bridgehead atoms. The average Bonchev–Trinajstić information content (AvgIpc) is 3.59. The van der Waals surface area contributed by atoms with Gasteiger partial charge in [0.15, 0.2) is 6.61 Å². The van der Waals surface area contributed by atoms with Gasteiger partial charge in [-0.15, -0.1) is 11.3 Å². The maximum Gasteiger partial charge on any atom is 0.341 e. The molecule has 2 heterocycles. The van der Waals surface area contributed by atoms with Crippen molar-refractivity contribution in [3.8, 4) is 16.9 Å². The Balaban J connectivity index is 1.20. The van der Waals surface area contributed by atoms with E-state index in [4.69, 9.17) is 13.9 Å². The van der Waals surface area contributed by atoms with E-state index in [1.54, 1.807) is 12.1 Å². The molecule has 2 aromatic carbocycles. The summed E-state index contributed by atoms with van der Waals surface area (Å²) in [5.41, 5.74) is 6.64. The van der Waals surface area contributed by atoms with Gasteiger partial charge in [-0.1, -0.05) is 18.2 Å². The number of esters is 1. The molecule has 0 unspecified atom stereocenters. The first kappa shape index (κ1) is 24.4. The van der Waals surface area contributed by atoms with E-state index in [2.05, 4.69) is 17.4 Å². The van der Waals surface area contributed by atoms with Crippen molar-refractivity contribution in [1.82, 2.24) is 0 Å². The monoisotopic (exact) mass is 529 g/mol. The van der Waals surface area contributed by atoms with Crippen LogP contribution in [0.4, 0.5) is 5.00 Å². The number of ether oxygens (including phenoxy) is 2. The Morgan fingerprint density at radius 2 is 1.79 bits per heavy atom. The van der Waals surface area contributed by atoms with E-state index >= 15 is 0 Å². The van der Waals surface area contributed by atoms with Crippen LogP contribution in [0.25, 0.3) is 22.1 Å². The summed E-state index contributed by atoms with van der Waals surface area (Å²) in [6.45, 7) is -0.270. The van der Waals surface area contributed by atoms with Crippen LogP contribution in [0.1, 0.15) is 51.9 Å². The number of anilines is 1. The summed E-state index contributed by atoms with van der Waals surface area (Å²) < 4.78 is 16.3.